The number of benzene rings is 3. The molecule has 4 rings (SSSR count). The zero-order valence-corrected chi connectivity index (χ0v) is 14.8. The molecule has 140 valence electrons. The highest BCUT2D eigenvalue weighted by molar-refractivity contribution is 6.10. The predicted molar refractivity (Wildman–Crippen MR) is 104 cm³/mol. The first-order valence-electron chi connectivity index (χ1n) is 8.81. The van der Waals surface area contributed by atoms with Crippen molar-refractivity contribution < 1.29 is 18.7 Å². The van der Waals surface area contributed by atoms with Crippen LogP contribution in [0.1, 0.15) is 15.9 Å². The second-order valence-corrected chi connectivity index (χ2v) is 6.41. The average molecular weight is 376 g/mol. The van der Waals surface area contributed by atoms with E-state index in [-0.39, 0.29) is 11.7 Å². The smallest absolute Gasteiger partial charge is 0.265 e. The zero-order chi connectivity index (χ0) is 19.5. The summed E-state index contributed by atoms with van der Waals surface area (Å²) in [5.41, 5.74) is 2.12. The maximum atomic E-state index is 13.0. The molecule has 0 spiro atoms. The number of rotatable bonds is 4. The SMILES string of the molecule is O=C(Nc1ccc(F)cc1)c1ccccc1NC(=O)[C@H]1Cc2ccccc2O1. The summed E-state index contributed by atoms with van der Waals surface area (Å²) in [4.78, 5) is 25.3. The third-order valence-corrected chi connectivity index (χ3v) is 4.47. The highest BCUT2D eigenvalue weighted by Crippen LogP contribution is 2.29. The topological polar surface area (TPSA) is 67.4 Å². The highest BCUT2D eigenvalue weighted by atomic mass is 19.1. The molecule has 0 aromatic heterocycles. The van der Waals surface area contributed by atoms with Gasteiger partial charge in [-0.15, -0.1) is 0 Å². The molecule has 0 saturated heterocycles. The molecule has 5 nitrogen and oxygen atoms in total. The fourth-order valence-electron chi connectivity index (χ4n) is 3.06. The molecule has 0 radical (unpaired) electrons. The Morgan fingerprint density at radius 2 is 1.61 bits per heavy atom. The lowest BCUT2D eigenvalue weighted by Crippen LogP contribution is -2.32. The summed E-state index contributed by atoms with van der Waals surface area (Å²) in [6.45, 7) is 0. The van der Waals surface area contributed by atoms with Gasteiger partial charge >= 0.3 is 0 Å². The predicted octanol–water partition coefficient (Wildman–Crippen LogP) is 4.02. The van der Waals surface area contributed by atoms with Gasteiger partial charge in [0.25, 0.3) is 11.8 Å². The van der Waals surface area contributed by atoms with Gasteiger partial charge in [0.1, 0.15) is 11.6 Å². The molecule has 0 bridgehead atoms. The van der Waals surface area contributed by atoms with E-state index in [0.29, 0.717) is 29.1 Å². The average Bonchev–Trinajstić information content (AvgIpc) is 3.14. The molecule has 6 heteroatoms. The van der Waals surface area contributed by atoms with Crippen molar-refractivity contribution in [1.29, 1.82) is 0 Å². The summed E-state index contributed by atoms with van der Waals surface area (Å²) in [6.07, 6.45) is -0.169. The number of ether oxygens (including phenoxy) is 1. The second kappa shape index (κ2) is 7.52. The molecule has 0 aliphatic carbocycles. The van der Waals surface area contributed by atoms with Crippen molar-refractivity contribution in [3.8, 4) is 5.75 Å². The molecule has 2 N–H and O–H groups in total. The number of anilines is 2. The molecule has 3 aromatic carbocycles. The first-order chi connectivity index (χ1) is 13.6. The van der Waals surface area contributed by atoms with Crippen LogP contribution in [0.3, 0.4) is 0 Å². The molecular weight excluding hydrogens is 359 g/mol. The molecule has 0 saturated carbocycles. The Labute approximate surface area is 161 Å². The zero-order valence-electron chi connectivity index (χ0n) is 14.8. The summed E-state index contributed by atoms with van der Waals surface area (Å²) in [5, 5.41) is 5.47. The Morgan fingerprint density at radius 1 is 0.893 bits per heavy atom. The quantitative estimate of drug-likeness (QED) is 0.723. The summed E-state index contributed by atoms with van der Waals surface area (Å²) < 4.78 is 18.7. The van der Waals surface area contributed by atoms with Gasteiger partial charge in [0.2, 0.25) is 0 Å². The van der Waals surface area contributed by atoms with Crippen LogP contribution in [-0.2, 0) is 11.2 Å². The first kappa shape index (κ1) is 17.7. The van der Waals surface area contributed by atoms with Gasteiger partial charge in [0.05, 0.1) is 11.3 Å². The van der Waals surface area contributed by atoms with E-state index in [2.05, 4.69) is 10.6 Å². The number of para-hydroxylation sites is 2. The molecule has 3 aromatic rings. The summed E-state index contributed by atoms with van der Waals surface area (Å²) in [6, 6.07) is 19.7. The number of halogens is 1. The fraction of sp³-hybridized carbons (Fsp3) is 0.0909. The van der Waals surface area contributed by atoms with Gasteiger partial charge in [-0.25, -0.2) is 4.39 Å². The summed E-state index contributed by atoms with van der Waals surface area (Å²) in [7, 11) is 0. The number of carbonyl (C=O) groups is 2. The number of hydrogen-bond donors (Lipinski definition) is 2. The lowest BCUT2D eigenvalue weighted by molar-refractivity contribution is -0.122. The van der Waals surface area contributed by atoms with E-state index < -0.39 is 12.0 Å². The number of fused-ring (bicyclic) bond motifs is 1. The van der Waals surface area contributed by atoms with Crippen LogP contribution in [0.4, 0.5) is 15.8 Å². The van der Waals surface area contributed by atoms with E-state index in [4.69, 9.17) is 4.74 Å². The minimum atomic E-state index is -0.648. The maximum absolute atomic E-state index is 13.0. The third kappa shape index (κ3) is 3.71. The minimum absolute atomic E-state index is 0.302. The van der Waals surface area contributed by atoms with Crippen molar-refractivity contribution >= 4 is 23.2 Å². The molecular formula is C22H17FN2O3. The molecule has 1 aliphatic heterocycles. The molecule has 28 heavy (non-hydrogen) atoms. The largest absolute Gasteiger partial charge is 0.480 e. The third-order valence-electron chi connectivity index (χ3n) is 4.47. The number of hydrogen-bond acceptors (Lipinski definition) is 3. The Bertz CT molecular complexity index is 1010. The van der Waals surface area contributed by atoms with E-state index in [1.807, 2.05) is 24.3 Å². The van der Waals surface area contributed by atoms with E-state index in [9.17, 15) is 14.0 Å². The second-order valence-electron chi connectivity index (χ2n) is 6.41. The van der Waals surface area contributed by atoms with Crippen molar-refractivity contribution in [1.82, 2.24) is 0 Å². The van der Waals surface area contributed by atoms with Gasteiger partial charge < -0.3 is 15.4 Å². The van der Waals surface area contributed by atoms with Crippen molar-refractivity contribution in [3.63, 3.8) is 0 Å². The van der Waals surface area contributed by atoms with E-state index in [1.54, 1.807) is 24.3 Å². The lowest BCUT2D eigenvalue weighted by Gasteiger charge is -2.14. The summed E-state index contributed by atoms with van der Waals surface area (Å²) in [5.74, 6) is -0.412. The molecule has 0 fully saturated rings. The molecule has 2 amide bonds. The number of amides is 2. The van der Waals surface area contributed by atoms with E-state index in [0.717, 1.165) is 5.56 Å². The monoisotopic (exact) mass is 376 g/mol. The van der Waals surface area contributed by atoms with Gasteiger partial charge in [-0.2, -0.15) is 0 Å². The van der Waals surface area contributed by atoms with Crippen molar-refractivity contribution in [3.05, 3.63) is 89.7 Å². The van der Waals surface area contributed by atoms with Crippen LogP contribution in [0.15, 0.2) is 72.8 Å². The molecule has 1 heterocycles. The van der Waals surface area contributed by atoms with Gasteiger partial charge in [0, 0.05) is 12.1 Å². The van der Waals surface area contributed by atoms with Crippen molar-refractivity contribution in [2.45, 2.75) is 12.5 Å². The van der Waals surface area contributed by atoms with Crippen LogP contribution in [0.25, 0.3) is 0 Å². The molecule has 0 unspecified atom stereocenters. The normalized spacial score (nSPS) is 14.7. The van der Waals surface area contributed by atoms with Crippen LogP contribution in [0.5, 0.6) is 5.75 Å². The van der Waals surface area contributed by atoms with Crippen LogP contribution in [0.2, 0.25) is 0 Å². The van der Waals surface area contributed by atoms with Gasteiger partial charge in [-0.05, 0) is 48.0 Å². The van der Waals surface area contributed by atoms with Gasteiger partial charge in [-0.3, -0.25) is 9.59 Å². The minimum Gasteiger partial charge on any atom is -0.480 e. The Kier molecular flexibility index (Phi) is 4.76. The van der Waals surface area contributed by atoms with Crippen LogP contribution >= 0.6 is 0 Å². The first-order valence-corrected chi connectivity index (χ1v) is 8.81. The number of nitrogens with one attached hydrogen (secondary N) is 2. The standard InChI is InChI=1S/C22H17FN2O3/c23-15-9-11-16(12-10-15)24-21(26)17-6-2-3-7-18(17)25-22(27)20-13-14-5-1-4-8-19(14)28-20/h1-12,20H,13H2,(H,24,26)(H,25,27)/t20-/m1/s1. The van der Waals surface area contributed by atoms with Crippen LogP contribution < -0.4 is 15.4 Å². The Hall–Kier alpha value is -3.67. The van der Waals surface area contributed by atoms with E-state index >= 15 is 0 Å². The van der Waals surface area contributed by atoms with Crippen molar-refractivity contribution in [2.75, 3.05) is 10.6 Å². The highest BCUT2D eigenvalue weighted by Gasteiger charge is 2.29. The fourth-order valence-corrected chi connectivity index (χ4v) is 3.06. The van der Waals surface area contributed by atoms with Crippen LogP contribution in [0, 0.1) is 5.82 Å². The van der Waals surface area contributed by atoms with Gasteiger partial charge in [-0.1, -0.05) is 30.3 Å². The number of carbonyl (C=O) groups excluding carboxylic acids is 2. The Balaban J connectivity index is 1.48. The summed E-state index contributed by atoms with van der Waals surface area (Å²) >= 11 is 0. The Morgan fingerprint density at radius 3 is 2.39 bits per heavy atom. The molecule has 1 aliphatic rings. The van der Waals surface area contributed by atoms with E-state index in [1.165, 1.54) is 24.3 Å². The molecule has 1 atom stereocenters. The lowest BCUT2D eigenvalue weighted by atomic mass is 10.1. The maximum Gasteiger partial charge on any atom is 0.265 e. The van der Waals surface area contributed by atoms with Crippen molar-refractivity contribution in [2.24, 2.45) is 0 Å². The van der Waals surface area contributed by atoms with Crippen LogP contribution in [-0.4, -0.2) is 17.9 Å². The van der Waals surface area contributed by atoms with Gasteiger partial charge in [0.15, 0.2) is 6.10 Å².